The highest BCUT2D eigenvalue weighted by Gasteiger charge is 2.03. The number of hydrogen-bond donors (Lipinski definition) is 2. The van der Waals surface area contributed by atoms with E-state index in [1.165, 1.54) is 0 Å². The first-order chi connectivity index (χ1) is 9.24. The first kappa shape index (κ1) is 11.9. The third-order valence-corrected chi connectivity index (χ3v) is 3.49. The monoisotopic (exact) mass is 271 g/mol. The molecule has 0 amide bonds. The Balaban J connectivity index is 1.93. The van der Waals surface area contributed by atoms with E-state index in [0.29, 0.717) is 0 Å². The first-order valence-corrected chi connectivity index (χ1v) is 6.76. The van der Waals surface area contributed by atoms with Crippen molar-refractivity contribution in [2.24, 2.45) is 0 Å². The largest absolute Gasteiger partial charge is 0.373 e. The summed E-state index contributed by atoms with van der Waals surface area (Å²) in [5.74, 6) is 2.31. The van der Waals surface area contributed by atoms with E-state index in [4.69, 9.17) is 0 Å². The fourth-order valence-corrected chi connectivity index (χ4v) is 2.56. The van der Waals surface area contributed by atoms with Gasteiger partial charge in [0, 0.05) is 18.8 Å². The molecule has 1 aromatic carbocycles. The molecular formula is C13H13N5S. The van der Waals surface area contributed by atoms with Crippen LogP contribution in [0, 0.1) is 6.92 Å². The zero-order valence-electron chi connectivity index (χ0n) is 10.6. The highest BCUT2D eigenvalue weighted by molar-refractivity contribution is 7.16. The number of aromatic nitrogens is 3. The summed E-state index contributed by atoms with van der Waals surface area (Å²) in [5, 5.41) is 6.31. The number of nitrogens with zero attached hydrogens (tertiary/aromatic N) is 3. The van der Waals surface area contributed by atoms with Crippen LogP contribution in [-0.4, -0.2) is 22.0 Å². The van der Waals surface area contributed by atoms with Crippen molar-refractivity contribution in [2.45, 2.75) is 6.92 Å². The zero-order chi connectivity index (χ0) is 13.2. The van der Waals surface area contributed by atoms with Crippen molar-refractivity contribution in [1.29, 1.82) is 0 Å². The van der Waals surface area contributed by atoms with Gasteiger partial charge in [0.05, 0.1) is 15.7 Å². The zero-order valence-corrected chi connectivity index (χ0v) is 11.5. The van der Waals surface area contributed by atoms with Gasteiger partial charge < -0.3 is 10.6 Å². The van der Waals surface area contributed by atoms with Crippen LogP contribution in [0.1, 0.15) is 5.82 Å². The maximum atomic E-state index is 4.37. The Hall–Kier alpha value is -2.21. The van der Waals surface area contributed by atoms with Crippen molar-refractivity contribution >= 4 is 38.9 Å². The Kier molecular flexibility index (Phi) is 3.00. The van der Waals surface area contributed by atoms with E-state index in [-0.39, 0.29) is 0 Å². The molecule has 0 atom stereocenters. The van der Waals surface area contributed by atoms with Crippen molar-refractivity contribution < 1.29 is 0 Å². The lowest BCUT2D eigenvalue weighted by molar-refractivity contribution is 1.06. The third kappa shape index (κ3) is 2.48. The van der Waals surface area contributed by atoms with Crippen molar-refractivity contribution in [3.05, 3.63) is 35.6 Å². The van der Waals surface area contributed by atoms with Gasteiger partial charge >= 0.3 is 0 Å². The molecular weight excluding hydrogens is 258 g/mol. The van der Waals surface area contributed by atoms with Crippen molar-refractivity contribution in [3.8, 4) is 0 Å². The minimum absolute atomic E-state index is 0.730. The average Bonchev–Trinajstić information content (AvgIpc) is 2.85. The summed E-state index contributed by atoms with van der Waals surface area (Å²) >= 11 is 1.63. The molecule has 2 aromatic heterocycles. The molecule has 0 spiro atoms. The SMILES string of the molecule is CNc1cc(Nc2ccc3ncsc3c2)nc(C)n1. The molecule has 0 aliphatic carbocycles. The van der Waals surface area contributed by atoms with Gasteiger partial charge in [-0.1, -0.05) is 0 Å². The molecule has 0 radical (unpaired) electrons. The summed E-state index contributed by atoms with van der Waals surface area (Å²) in [4.78, 5) is 12.9. The van der Waals surface area contributed by atoms with E-state index in [9.17, 15) is 0 Å². The number of fused-ring (bicyclic) bond motifs is 1. The van der Waals surface area contributed by atoms with E-state index >= 15 is 0 Å². The van der Waals surface area contributed by atoms with Crippen LogP contribution in [0.5, 0.6) is 0 Å². The molecule has 3 aromatic rings. The summed E-state index contributed by atoms with van der Waals surface area (Å²) in [6, 6.07) is 7.95. The van der Waals surface area contributed by atoms with Gasteiger partial charge in [-0.3, -0.25) is 0 Å². The molecule has 96 valence electrons. The van der Waals surface area contributed by atoms with Gasteiger partial charge in [0.25, 0.3) is 0 Å². The first-order valence-electron chi connectivity index (χ1n) is 5.88. The predicted octanol–water partition coefficient (Wildman–Crippen LogP) is 3.18. The fraction of sp³-hybridized carbons (Fsp3) is 0.154. The normalized spacial score (nSPS) is 10.6. The third-order valence-electron chi connectivity index (χ3n) is 2.70. The predicted molar refractivity (Wildman–Crippen MR) is 79.2 cm³/mol. The van der Waals surface area contributed by atoms with Crippen LogP contribution in [-0.2, 0) is 0 Å². The van der Waals surface area contributed by atoms with E-state index in [2.05, 4.69) is 31.7 Å². The molecule has 0 aliphatic heterocycles. The summed E-state index contributed by atoms with van der Waals surface area (Å²) in [7, 11) is 1.84. The summed E-state index contributed by atoms with van der Waals surface area (Å²) in [6.07, 6.45) is 0. The second-order valence-electron chi connectivity index (χ2n) is 4.10. The smallest absolute Gasteiger partial charge is 0.136 e. The number of aryl methyl sites for hydroxylation is 1. The molecule has 0 unspecified atom stereocenters. The van der Waals surface area contributed by atoms with Crippen molar-refractivity contribution in [2.75, 3.05) is 17.7 Å². The molecule has 0 saturated carbocycles. The second kappa shape index (κ2) is 4.81. The van der Waals surface area contributed by atoms with Crippen molar-refractivity contribution in [3.63, 3.8) is 0 Å². The molecule has 0 aliphatic rings. The van der Waals surface area contributed by atoms with Crippen LogP contribution in [0.2, 0.25) is 0 Å². The maximum absolute atomic E-state index is 4.37. The van der Waals surface area contributed by atoms with Crippen molar-refractivity contribution in [1.82, 2.24) is 15.0 Å². The Labute approximate surface area is 114 Å². The fourth-order valence-electron chi connectivity index (χ4n) is 1.84. The Morgan fingerprint density at radius 2 is 1.95 bits per heavy atom. The van der Waals surface area contributed by atoms with Gasteiger partial charge in [-0.15, -0.1) is 11.3 Å². The van der Waals surface area contributed by atoms with Gasteiger partial charge in [-0.05, 0) is 25.1 Å². The van der Waals surface area contributed by atoms with Gasteiger partial charge in [0.1, 0.15) is 17.5 Å². The molecule has 5 nitrogen and oxygen atoms in total. The number of anilines is 3. The van der Waals surface area contributed by atoms with Crippen LogP contribution in [0.4, 0.5) is 17.3 Å². The Morgan fingerprint density at radius 3 is 2.79 bits per heavy atom. The van der Waals surface area contributed by atoms with Gasteiger partial charge in [0.2, 0.25) is 0 Å². The van der Waals surface area contributed by atoms with E-state index in [0.717, 1.165) is 33.4 Å². The number of nitrogens with one attached hydrogen (secondary N) is 2. The van der Waals surface area contributed by atoms with E-state index in [1.807, 2.05) is 37.7 Å². The van der Waals surface area contributed by atoms with Crippen LogP contribution in [0.25, 0.3) is 10.2 Å². The van der Waals surface area contributed by atoms with Crippen LogP contribution in [0.3, 0.4) is 0 Å². The minimum Gasteiger partial charge on any atom is -0.373 e. The number of rotatable bonds is 3. The highest BCUT2D eigenvalue weighted by Crippen LogP contribution is 2.24. The molecule has 19 heavy (non-hydrogen) atoms. The second-order valence-corrected chi connectivity index (χ2v) is 4.98. The number of thiazole rings is 1. The standard InChI is InChI=1S/C13H13N5S/c1-8-16-12(14-2)6-13(17-8)18-9-3-4-10-11(5-9)19-7-15-10/h3-7H,1-2H3,(H2,14,16,17,18). The van der Waals surface area contributed by atoms with Crippen LogP contribution >= 0.6 is 11.3 Å². The van der Waals surface area contributed by atoms with Gasteiger partial charge in [0.15, 0.2) is 0 Å². The molecule has 0 bridgehead atoms. The quantitative estimate of drug-likeness (QED) is 0.766. The summed E-state index contributed by atoms with van der Waals surface area (Å²) < 4.78 is 1.16. The number of hydrogen-bond acceptors (Lipinski definition) is 6. The summed E-state index contributed by atoms with van der Waals surface area (Å²) in [6.45, 7) is 1.87. The summed E-state index contributed by atoms with van der Waals surface area (Å²) in [5.41, 5.74) is 3.87. The van der Waals surface area contributed by atoms with Gasteiger partial charge in [-0.2, -0.15) is 0 Å². The molecule has 3 rings (SSSR count). The molecule has 0 saturated heterocycles. The average molecular weight is 271 g/mol. The number of benzene rings is 1. The lowest BCUT2D eigenvalue weighted by atomic mass is 10.3. The van der Waals surface area contributed by atoms with E-state index in [1.54, 1.807) is 11.3 Å². The molecule has 6 heteroatoms. The van der Waals surface area contributed by atoms with E-state index < -0.39 is 0 Å². The minimum atomic E-state index is 0.730. The molecule has 2 heterocycles. The molecule has 2 N–H and O–H groups in total. The molecule has 0 fully saturated rings. The Morgan fingerprint density at radius 1 is 1.11 bits per heavy atom. The maximum Gasteiger partial charge on any atom is 0.136 e. The van der Waals surface area contributed by atoms with Crippen LogP contribution in [0.15, 0.2) is 29.8 Å². The topological polar surface area (TPSA) is 62.7 Å². The van der Waals surface area contributed by atoms with Crippen LogP contribution < -0.4 is 10.6 Å². The Bertz CT molecular complexity index is 722. The highest BCUT2D eigenvalue weighted by atomic mass is 32.1. The lowest BCUT2D eigenvalue weighted by Crippen LogP contribution is -2.01. The van der Waals surface area contributed by atoms with Gasteiger partial charge in [-0.25, -0.2) is 15.0 Å². The lowest BCUT2D eigenvalue weighted by Gasteiger charge is -2.08.